The Labute approximate surface area is 467 Å². The van der Waals surface area contributed by atoms with Crippen molar-refractivity contribution < 1.29 is 77.0 Å². The number of rotatable bonds is 38. The highest BCUT2D eigenvalue weighted by Gasteiger charge is 2.38. The van der Waals surface area contributed by atoms with Gasteiger partial charge in [0.05, 0.1) is 71.6 Å². The summed E-state index contributed by atoms with van der Waals surface area (Å²) in [6, 6.07) is 6.40. The third-order valence-electron chi connectivity index (χ3n) is 12.6. The zero-order valence-corrected chi connectivity index (χ0v) is 48.2. The molecule has 7 unspecified atom stereocenters. The van der Waals surface area contributed by atoms with Gasteiger partial charge in [-0.2, -0.15) is 0 Å². The number of aromatic nitrogens is 1. The molecule has 1 heterocycles. The van der Waals surface area contributed by atoms with Crippen LogP contribution in [0.25, 0.3) is 0 Å². The van der Waals surface area contributed by atoms with Crippen molar-refractivity contribution in [2.24, 2.45) is 23.7 Å². The molecular formula is C55H83N7O16S. The summed E-state index contributed by atoms with van der Waals surface area (Å²) in [7, 11) is 3.15. The Kier molecular flexibility index (Phi) is 32.4. The highest BCUT2D eigenvalue weighted by Crippen LogP contribution is 2.31. The standard InChI is InChI=1S/C55H83N7O16S/c1-11-37(6)49(54(71)61(9)43(35(2)3)33-44(78-39(8)63)53-59-42(34-79-53)51(69)58-41(31-38(7)55(72)73)32-40-15-13-12-14-16-40)60-52(70)50(36(4)5)62(10)47(66)19-23-74-27-29-76-25-21-56-45(64)17-18-46(65)57-22-26-77-30-28-75-24-20-48(67)68/h12-16,34-38,41,43-44,49-50H,11,19-33H2,1-10H3,(H,56,64)(H,57,65)(H,58,69)(H,60,70)(H,67,68)(H,72,73). The molecule has 440 valence electrons. The quantitative estimate of drug-likeness (QED) is 0.0319. The van der Waals surface area contributed by atoms with E-state index in [1.807, 2.05) is 58.0 Å². The number of ether oxygens (including phenoxy) is 5. The Morgan fingerprint density at radius 2 is 1.27 bits per heavy atom. The number of benzene rings is 1. The predicted octanol–water partition coefficient (Wildman–Crippen LogP) is 3.25. The van der Waals surface area contributed by atoms with E-state index < -0.39 is 77.7 Å². The van der Waals surface area contributed by atoms with Gasteiger partial charge in [0.2, 0.25) is 17.7 Å². The molecule has 2 aromatic rings. The van der Waals surface area contributed by atoms with Gasteiger partial charge in [-0.3, -0.25) is 43.2 Å². The first-order valence-electron chi connectivity index (χ1n) is 26.6. The summed E-state index contributed by atoms with van der Waals surface area (Å²) in [5.41, 5.74) is 0.984. The fourth-order valence-corrected chi connectivity index (χ4v) is 8.95. The molecule has 0 fully saturated rings. The lowest BCUT2D eigenvalue weighted by atomic mass is 9.92. The molecule has 0 aliphatic rings. The van der Waals surface area contributed by atoms with Crippen molar-refractivity contribution in [1.82, 2.24) is 36.1 Å². The smallest absolute Gasteiger partial charge is 0.306 e. The second-order valence-corrected chi connectivity index (χ2v) is 20.6. The van der Waals surface area contributed by atoms with E-state index in [4.69, 9.17) is 28.8 Å². The second-order valence-electron chi connectivity index (χ2n) is 19.7. The SMILES string of the molecule is CCC(C)C(NC(=O)C(C(C)C)N(C)C(=O)CCOCCOCCNC(=O)C#CC(=O)NCCOCCOCCC(=O)O)C(=O)N(C)C(CC(OC(C)=O)c1nc(C(=O)NC(Cc2ccccc2)CC(C)C(=O)O)cs1)C(C)C. The first kappa shape index (κ1) is 68.6. The Morgan fingerprint density at radius 1 is 0.709 bits per heavy atom. The third kappa shape index (κ3) is 26.8. The van der Waals surface area contributed by atoms with Crippen LogP contribution in [0.4, 0.5) is 0 Å². The minimum atomic E-state index is -0.991. The Morgan fingerprint density at radius 3 is 1.77 bits per heavy atom. The summed E-state index contributed by atoms with van der Waals surface area (Å²) in [6.45, 7) is 15.4. The molecule has 6 amide bonds. The number of carboxylic acids is 2. The lowest BCUT2D eigenvalue weighted by Crippen LogP contribution is -2.59. The van der Waals surface area contributed by atoms with Crippen LogP contribution in [0.5, 0.6) is 0 Å². The summed E-state index contributed by atoms with van der Waals surface area (Å²) >= 11 is 1.12. The van der Waals surface area contributed by atoms with Gasteiger partial charge in [-0.25, -0.2) is 4.98 Å². The summed E-state index contributed by atoms with van der Waals surface area (Å²) < 4.78 is 27.2. The number of carboxylic acid groups (broad SMARTS) is 2. The monoisotopic (exact) mass is 1130 g/mol. The third-order valence-corrected chi connectivity index (χ3v) is 13.6. The minimum absolute atomic E-state index is 0.0326. The second kappa shape index (κ2) is 37.4. The maximum Gasteiger partial charge on any atom is 0.306 e. The van der Waals surface area contributed by atoms with Crippen LogP contribution in [0.15, 0.2) is 35.7 Å². The molecule has 0 spiro atoms. The molecule has 24 heteroatoms. The lowest BCUT2D eigenvalue weighted by molar-refractivity contribution is -0.149. The van der Waals surface area contributed by atoms with Crippen molar-refractivity contribution in [3.05, 3.63) is 52.0 Å². The van der Waals surface area contributed by atoms with Gasteiger partial charge in [0, 0.05) is 69.8 Å². The molecule has 0 radical (unpaired) electrons. The van der Waals surface area contributed by atoms with Gasteiger partial charge in [-0.05, 0) is 36.2 Å². The van der Waals surface area contributed by atoms with E-state index in [0.29, 0.717) is 17.8 Å². The van der Waals surface area contributed by atoms with Crippen molar-refractivity contribution in [2.75, 3.05) is 80.0 Å². The van der Waals surface area contributed by atoms with Crippen LogP contribution in [-0.4, -0.2) is 183 Å². The molecule has 1 aromatic carbocycles. The topological polar surface area (TPSA) is 308 Å². The fourth-order valence-electron chi connectivity index (χ4n) is 8.12. The van der Waals surface area contributed by atoms with Crippen LogP contribution < -0.4 is 21.3 Å². The minimum Gasteiger partial charge on any atom is -0.481 e. The van der Waals surface area contributed by atoms with Crippen LogP contribution in [0.3, 0.4) is 0 Å². The van der Waals surface area contributed by atoms with Crippen molar-refractivity contribution in [3.63, 3.8) is 0 Å². The van der Waals surface area contributed by atoms with Crippen LogP contribution in [0, 0.1) is 35.5 Å². The van der Waals surface area contributed by atoms with Gasteiger partial charge in [-0.1, -0.05) is 85.2 Å². The highest BCUT2D eigenvalue weighted by molar-refractivity contribution is 7.09. The molecule has 0 saturated carbocycles. The number of nitrogens with zero attached hydrogens (tertiary/aromatic N) is 3. The molecule has 6 N–H and O–H groups in total. The normalized spacial score (nSPS) is 13.8. The molecule has 1 aromatic heterocycles. The zero-order chi connectivity index (χ0) is 59.0. The van der Waals surface area contributed by atoms with E-state index >= 15 is 0 Å². The molecule has 23 nitrogen and oxygen atoms in total. The molecule has 7 atom stereocenters. The first-order valence-corrected chi connectivity index (χ1v) is 27.5. The fraction of sp³-hybridized carbons (Fsp3) is 0.636. The van der Waals surface area contributed by atoms with Gasteiger partial charge < -0.3 is 65.0 Å². The van der Waals surface area contributed by atoms with Crippen LogP contribution in [0.1, 0.15) is 115 Å². The molecule has 0 saturated heterocycles. The van der Waals surface area contributed by atoms with Crippen LogP contribution in [0.2, 0.25) is 0 Å². The van der Waals surface area contributed by atoms with Crippen LogP contribution in [-0.2, 0) is 68.5 Å². The summed E-state index contributed by atoms with van der Waals surface area (Å²) in [5, 5.41) is 31.0. The number of thiazole rings is 1. The number of hydrogen-bond acceptors (Lipinski definition) is 16. The van der Waals surface area contributed by atoms with Gasteiger partial charge >= 0.3 is 17.9 Å². The zero-order valence-electron chi connectivity index (χ0n) is 47.3. The van der Waals surface area contributed by atoms with E-state index in [9.17, 15) is 48.3 Å². The number of carbonyl (C=O) groups is 9. The average Bonchev–Trinajstić information content (AvgIpc) is 3.90. The van der Waals surface area contributed by atoms with E-state index in [1.54, 1.807) is 38.1 Å². The molecule has 0 aliphatic carbocycles. The Bertz CT molecular complexity index is 2320. The average molecular weight is 1130 g/mol. The molecule has 0 aliphatic heterocycles. The van der Waals surface area contributed by atoms with Crippen molar-refractivity contribution in [3.8, 4) is 11.8 Å². The van der Waals surface area contributed by atoms with Crippen molar-refractivity contribution in [2.45, 2.75) is 124 Å². The molecule has 2 rings (SSSR count). The van der Waals surface area contributed by atoms with Crippen molar-refractivity contribution in [1.29, 1.82) is 0 Å². The number of likely N-dealkylation sites (N-methyl/N-ethyl adjacent to an activating group) is 2. The lowest BCUT2D eigenvalue weighted by Gasteiger charge is -2.38. The number of esters is 1. The maximum absolute atomic E-state index is 14.6. The number of hydrogen-bond donors (Lipinski definition) is 6. The number of carbonyl (C=O) groups excluding carboxylic acids is 7. The Hall–Kier alpha value is -6.52. The summed E-state index contributed by atoms with van der Waals surface area (Å²) in [6.07, 6.45) is 0.113. The highest BCUT2D eigenvalue weighted by atomic mass is 32.1. The number of aliphatic carboxylic acids is 2. The first-order chi connectivity index (χ1) is 37.5. The van der Waals surface area contributed by atoms with Gasteiger partial charge in [0.1, 0.15) is 22.8 Å². The van der Waals surface area contributed by atoms with E-state index in [1.165, 1.54) is 18.9 Å². The van der Waals surface area contributed by atoms with Gasteiger partial charge in [-0.15, -0.1) is 11.3 Å². The molecular weight excluding hydrogens is 1050 g/mol. The number of nitrogens with one attached hydrogen (secondary N) is 4. The van der Waals surface area contributed by atoms with Gasteiger partial charge in [0.15, 0.2) is 6.10 Å². The summed E-state index contributed by atoms with van der Waals surface area (Å²) in [4.78, 5) is 122. The Balaban J connectivity index is 1.96. The summed E-state index contributed by atoms with van der Waals surface area (Å²) in [5.74, 6) is -2.89. The number of amides is 6. The predicted molar refractivity (Wildman–Crippen MR) is 292 cm³/mol. The van der Waals surface area contributed by atoms with Crippen molar-refractivity contribution >= 4 is 64.7 Å². The van der Waals surface area contributed by atoms with Gasteiger partial charge in [0.25, 0.3) is 17.7 Å². The largest absolute Gasteiger partial charge is 0.481 e. The maximum atomic E-state index is 14.6. The van der Waals surface area contributed by atoms with Crippen LogP contribution >= 0.6 is 11.3 Å². The molecule has 0 bridgehead atoms. The van der Waals surface area contributed by atoms with E-state index in [-0.39, 0.29) is 127 Å². The van der Waals surface area contributed by atoms with E-state index in [0.717, 1.165) is 16.9 Å². The van der Waals surface area contributed by atoms with E-state index in [2.05, 4.69) is 38.1 Å². The molecule has 79 heavy (non-hydrogen) atoms.